The topological polar surface area (TPSA) is 26.0 Å². The van der Waals surface area contributed by atoms with Gasteiger partial charge in [-0.05, 0) is 54.8 Å². The fraction of sp³-hybridized carbons (Fsp3) is 0.455. The van der Waals surface area contributed by atoms with Crippen LogP contribution in [0.1, 0.15) is 29.7 Å². The first-order chi connectivity index (χ1) is 6.42. The Morgan fingerprint density at radius 2 is 2.38 bits per heavy atom. The lowest BCUT2D eigenvalue weighted by atomic mass is 9.93. The number of nitrogens with two attached hydrogens (primary N) is 1. The van der Waals surface area contributed by atoms with E-state index in [1.54, 1.807) is 4.88 Å². The molecule has 0 atom stereocenters. The fourth-order valence-corrected chi connectivity index (χ4v) is 2.82. The van der Waals surface area contributed by atoms with E-state index < -0.39 is 0 Å². The number of hydrogen-bond donors (Lipinski definition) is 1. The zero-order valence-electron chi connectivity index (χ0n) is 7.75. The Hall–Kier alpha value is -0.600. The average molecular weight is 193 g/mol. The molecule has 0 spiro atoms. The van der Waals surface area contributed by atoms with E-state index in [0.717, 1.165) is 13.0 Å². The van der Waals surface area contributed by atoms with Gasteiger partial charge in [0.15, 0.2) is 0 Å². The molecule has 1 aliphatic carbocycles. The van der Waals surface area contributed by atoms with E-state index >= 15 is 0 Å². The normalized spacial score (nSPS) is 19.0. The van der Waals surface area contributed by atoms with Gasteiger partial charge in [-0.15, -0.1) is 11.3 Å². The van der Waals surface area contributed by atoms with E-state index in [-0.39, 0.29) is 0 Å². The molecule has 0 saturated carbocycles. The zero-order chi connectivity index (χ0) is 9.10. The Morgan fingerprint density at radius 3 is 3.23 bits per heavy atom. The predicted octanol–water partition coefficient (Wildman–Crippen LogP) is 2.82. The second-order valence-electron chi connectivity index (χ2n) is 3.42. The first-order valence-corrected chi connectivity index (χ1v) is 5.75. The Morgan fingerprint density at radius 1 is 1.46 bits per heavy atom. The van der Waals surface area contributed by atoms with Crippen molar-refractivity contribution in [2.24, 2.45) is 5.73 Å². The minimum absolute atomic E-state index is 0.767. The summed E-state index contributed by atoms with van der Waals surface area (Å²) in [6, 6.07) is 2.25. The van der Waals surface area contributed by atoms with Crippen molar-refractivity contribution in [3.63, 3.8) is 0 Å². The summed E-state index contributed by atoms with van der Waals surface area (Å²) >= 11 is 1.89. The van der Waals surface area contributed by atoms with Crippen molar-refractivity contribution in [1.82, 2.24) is 0 Å². The third-order valence-corrected chi connectivity index (χ3v) is 3.48. The molecule has 0 amide bonds. The first kappa shape index (κ1) is 8.97. The van der Waals surface area contributed by atoms with Gasteiger partial charge in [-0.3, -0.25) is 0 Å². The molecule has 1 nitrogen and oxygen atoms in total. The summed E-state index contributed by atoms with van der Waals surface area (Å²) < 4.78 is 0. The van der Waals surface area contributed by atoms with Crippen molar-refractivity contribution in [3.05, 3.63) is 28.0 Å². The van der Waals surface area contributed by atoms with Crippen LogP contribution < -0.4 is 5.73 Å². The van der Waals surface area contributed by atoms with E-state index in [0.29, 0.717) is 0 Å². The van der Waals surface area contributed by atoms with Crippen molar-refractivity contribution >= 4 is 16.9 Å². The lowest BCUT2D eigenvalue weighted by Gasteiger charge is -2.14. The standard InChI is InChI=1S/C11H15NS/c12-7-2-4-9-3-1-5-11-10(9)6-8-13-11/h4,6,8H,1-3,5,7,12H2. The molecule has 0 saturated heterocycles. The monoisotopic (exact) mass is 193 g/mol. The molecule has 0 fully saturated rings. The third-order valence-electron chi connectivity index (χ3n) is 2.50. The van der Waals surface area contributed by atoms with E-state index in [9.17, 15) is 0 Å². The summed E-state index contributed by atoms with van der Waals surface area (Å²) in [5.74, 6) is 0. The number of hydrogen-bond acceptors (Lipinski definition) is 2. The second-order valence-corrected chi connectivity index (χ2v) is 4.42. The Kier molecular flexibility index (Phi) is 2.81. The molecule has 0 radical (unpaired) electrons. The molecule has 1 aromatic rings. The van der Waals surface area contributed by atoms with Crippen LogP contribution in [0, 0.1) is 0 Å². The minimum atomic E-state index is 0.767. The maximum absolute atomic E-state index is 5.50. The third kappa shape index (κ3) is 1.84. The highest BCUT2D eigenvalue weighted by molar-refractivity contribution is 7.10. The first-order valence-electron chi connectivity index (χ1n) is 4.87. The number of fused-ring (bicyclic) bond motifs is 1. The van der Waals surface area contributed by atoms with Crippen molar-refractivity contribution in [2.45, 2.75) is 25.7 Å². The van der Waals surface area contributed by atoms with Gasteiger partial charge in [0.25, 0.3) is 0 Å². The van der Waals surface area contributed by atoms with Crippen LogP contribution in [0.25, 0.3) is 5.57 Å². The lowest BCUT2D eigenvalue weighted by Crippen LogP contribution is -2.00. The quantitative estimate of drug-likeness (QED) is 0.768. The van der Waals surface area contributed by atoms with Crippen LogP contribution in [0.4, 0.5) is 0 Å². The number of allylic oxidation sites excluding steroid dienone is 1. The summed E-state index contributed by atoms with van der Waals surface area (Å²) in [5, 5.41) is 2.20. The molecule has 1 aliphatic rings. The maximum atomic E-state index is 5.50. The molecular weight excluding hydrogens is 178 g/mol. The Balaban J connectivity index is 2.25. The van der Waals surface area contributed by atoms with E-state index in [2.05, 4.69) is 17.5 Å². The van der Waals surface area contributed by atoms with Gasteiger partial charge in [0.05, 0.1) is 0 Å². The van der Waals surface area contributed by atoms with Crippen LogP contribution in [-0.4, -0.2) is 6.54 Å². The molecule has 13 heavy (non-hydrogen) atoms. The Labute approximate surface area is 83.3 Å². The van der Waals surface area contributed by atoms with Gasteiger partial charge in [0, 0.05) is 4.88 Å². The predicted molar refractivity (Wildman–Crippen MR) is 58.9 cm³/mol. The van der Waals surface area contributed by atoms with Crippen LogP contribution in [0.2, 0.25) is 0 Å². The van der Waals surface area contributed by atoms with Gasteiger partial charge in [-0.25, -0.2) is 0 Å². The second kappa shape index (κ2) is 4.07. The molecule has 0 aromatic carbocycles. The van der Waals surface area contributed by atoms with Crippen LogP contribution in [0.5, 0.6) is 0 Å². The van der Waals surface area contributed by atoms with Crippen molar-refractivity contribution < 1.29 is 0 Å². The van der Waals surface area contributed by atoms with Gasteiger partial charge < -0.3 is 5.73 Å². The van der Waals surface area contributed by atoms with Crippen LogP contribution >= 0.6 is 11.3 Å². The van der Waals surface area contributed by atoms with E-state index in [4.69, 9.17) is 5.73 Å². The van der Waals surface area contributed by atoms with Crippen molar-refractivity contribution in [2.75, 3.05) is 6.54 Å². The van der Waals surface area contributed by atoms with E-state index in [1.807, 2.05) is 11.3 Å². The lowest BCUT2D eigenvalue weighted by molar-refractivity contribution is 0.833. The summed E-state index contributed by atoms with van der Waals surface area (Å²) in [7, 11) is 0. The van der Waals surface area contributed by atoms with Gasteiger partial charge >= 0.3 is 0 Å². The molecule has 2 heteroatoms. The molecule has 1 aromatic heterocycles. The molecule has 0 unspecified atom stereocenters. The SMILES string of the molecule is NCCC=C1CCCc2sccc21. The maximum Gasteiger partial charge on any atom is 0.0120 e. The van der Waals surface area contributed by atoms with Gasteiger partial charge in [-0.2, -0.15) is 0 Å². The van der Waals surface area contributed by atoms with E-state index in [1.165, 1.54) is 30.4 Å². The zero-order valence-corrected chi connectivity index (χ0v) is 8.57. The molecule has 1 heterocycles. The molecule has 70 valence electrons. The van der Waals surface area contributed by atoms with Crippen LogP contribution in [-0.2, 0) is 6.42 Å². The highest BCUT2D eigenvalue weighted by Crippen LogP contribution is 2.34. The van der Waals surface area contributed by atoms with Crippen molar-refractivity contribution in [3.8, 4) is 0 Å². The largest absolute Gasteiger partial charge is 0.330 e. The summed E-state index contributed by atoms with van der Waals surface area (Å²) in [4.78, 5) is 1.56. The fourth-order valence-electron chi connectivity index (χ4n) is 1.86. The highest BCUT2D eigenvalue weighted by atomic mass is 32.1. The molecule has 2 N–H and O–H groups in total. The van der Waals surface area contributed by atoms with Crippen LogP contribution in [0.15, 0.2) is 17.5 Å². The minimum Gasteiger partial charge on any atom is -0.330 e. The molecule has 0 aliphatic heterocycles. The highest BCUT2D eigenvalue weighted by Gasteiger charge is 2.13. The van der Waals surface area contributed by atoms with Crippen LogP contribution in [0.3, 0.4) is 0 Å². The number of thiophene rings is 1. The smallest absolute Gasteiger partial charge is 0.0120 e. The van der Waals surface area contributed by atoms with Gasteiger partial charge in [-0.1, -0.05) is 6.08 Å². The Bertz CT molecular complexity index is 312. The summed E-state index contributed by atoms with van der Waals surface area (Å²) in [6.45, 7) is 0.767. The van der Waals surface area contributed by atoms with Crippen molar-refractivity contribution in [1.29, 1.82) is 0 Å². The van der Waals surface area contributed by atoms with Gasteiger partial charge in [0.2, 0.25) is 0 Å². The number of rotatable bonds is 2. The average Bonchev–Trinajstić information content (AvgIpc) is 2.62. The summed E-state index contributed by atoms with van der Waals surface area (Å²) in [5.41, 5.74) is 8.51. The number of aryl methyl sites for hydroxylation is 1. The summed E-state index contributed by atoms with van der Waals surface area (Å²) in [6.07, 6.45) is 7.15. The van der Waals surface area contributed by atoms with Gasteiger partial charge in [0.1, 0.15) is 0 Å². The molecule has 2 rings (SSSR count). The molecule has 0 bridgehead atoms. The molecular formula is C11H15NS.